The van der Waals surface area contributed by atoms with E-state index in [1.54, 1.807) is 0 Å². The van der Waals surface area contributed by atoms with Crippen LogP contribution in [0.25, 0.3) is 0 Å². The topological polar surface area (TPSA) is 17.8 Å². The first-order valence-electron chi connectivity index (χ1n) is 5.11. The highest BCUT2D eigenvalue weighted by molar-refractivity contribution is 6.30. The predicted octanol–water partition coefficient (Wildman–Crippen LogP) is 3.07. The van der Waals surface area contributed by atoms with E-state index in [1.165, 1.54) is 11.3 Å². The van der Waals surface area contributed by atoms with Crippen LogP contribution >= 0.6 is 11.6 Å². The van der Waals surface area contributed by atoms with Gasteiger partial charge in [0.25, 0.3) is 0 Å². The number of nitrogens with zero attached hydrogens (tertiary/aromatic N) is 2. The largest absolute Gasteiger partial charge is 0.327 e. The van der Waals surface area contributed by atoms with Gasteiger partial charge in [-0.1, -0.05) is 23.7 Å². The first-order valence-corrected chi connectivity index (χ1v) is 5.48. The van der Waals surface area contributed by atoms with E-state index in [9.17, 15) is 0 Å². The smallest absolute Gasteiger partial charge is 0.0953 e. The first kappa shape index (κ1) is 8.98. The summed E-state index contributed by atoms with van der Waals surface area (Å²) in [6.07, 6.45) is 6.12. The fourth-order valence-corrected chi connectivity index (χ4v) is 2.47. The van der Waals surface area contributed by atoms with Gasteiger partial charge in [-0.3, -0.25) is 0 Å². The molecule has 2 heterocycles. The van der Waals surface area contributed by atoms with Crippen molar-refractivity contribution in [1.82, 2.24) is 9.55 Å². The number of fused-ring (bicyclic) bond motifs is 1. The molecule has 0 spiro atoms. The zero-order valence-electron chi connectivity index (χ0n) is 8.23. The second-order valence-corrected chi connectivity index (χ2v) is 4.34. The highest BCUT2D eigenvalue weighted by atomic mass is 35.5. The number of hydrogen-bond donors (Lipinski definition) is 0. The number of imidazole rings is 1. The molecule has 1 atom stereocenters. The standard InChI is InChI=1S/C12H11ClN2/c13-10-3-1-2-9(6-10)12-5-4-11-7-14-8-15(11)12/h1-3,6-8,12H,4-5H2. The zero-order chi connectivity index (χ0) is 10.3. The summed E-state index contributed by atoms with van der Waals surface area (Å²) in [5, 5.41) is 0.807. The van der Waals surface area contributed by atoms with Gasteiger partial charge in [0.2, 0.25) is 0 Å². The lowest BCUT2D eigenvalue weighted by atomic mass is 10.1. The number of benzene rings is 1. The van der Waals surface area contributed by atoms with Crippen LogP contribution in [0.1, 0.15) is 23.7 Å². The SMILES string of the molecule is Clc1cccc(C2CCc3cncn32)c1. The Morgan fingerprint density at radius 3 is 3.20 bits per heavy atom. The van der Waals surface area contributed by atoms with Crippen molar-refractivity contribution in [3.05, 3.63) is 53.1 Å². The summed E-state index contributed by atoms with van der Waals surface area (Å²) in [6, 6.07) is 8.51. The molecule has 1 aromatic heterocycles. The van der Waals surface area contributed by atoms with E-state index < -0.39 is 0 Å². The summed E-state index contributed by atoms with van der Waals surface area (Å²) < 4.78 is 2.24. The molecular formula is C12H11ClN2. The summed E-state index contributed by atoms with van der Waals surface area (Å²) in [6.45, 7) is 0. The molecule has 0 fully saturated rings. The van der Waals surface area contributed by atoms with Crippen LogP contribution < -0.4 is 0 Å². The highest BCUT2D eigenvalue weighted by Crippen LogP contribution is 2.32. The Hall–Kier alpha value is -1.28. The lowest BCUT2D eigenvalue weighted by Gasteiger charge is -2.13. The predicted molar refractivity (Wildman–Crippen MR) is 60.1 cm³/mol. The van der Waals surface area contributed by atoms with Crippen LogP contribution in [-0.4, -0.2) is 9.55 Å². The van der Waals surface area contributed by atoms with E-state index in [1.807, 2.05) is 30.7 Å². The van der Waals surface area contributed by atoms with Gasteiger partial charge in [0.15, 0.2) is 0 Å². The normalized spacial score (nSPS) is 19.1. The van der Waals surface area contributed by atoms with Crippen molar-refractivity contribution in [2.45, 2.75) is 18.9 Å². The molecule has 0 aliphatic carbocycles. The molecule has 0 saturated heterocycles. The van der Waals surface area contributed by atoms with E-state index in [4.69, 9.17) is 11.6 Å². The maximum Gasteiger partial charge on any atom is 0.0953 e. The second kappa shape index (κ2) is 3.38. The monoisotopic (exact) mass is 218 g/mol. The molecule has 3 rings (SSSR count). The fraction of sp³-hybridized carbons (Fsp3) is 0.250. The van der Waals surface area contributed by atoms with Gasteiger partial charge < -0.3 is 4.57 Å². The summed E-state index contributed by atoms with van der Waals surface area (Å²) >= 11 is 6.00. The minimum atomic E-state index is 0.418. The van der Waals surface area contributed by atoms with Crippen LogP contribution in [0.5, 0.6) is 0 Å². The van der Waals surface area contributed by atoms with Gasteiger partial charge in [-0.15, -0.1) is 0 Å². The molecule has 1 aliphatic rings. The van der Waals surface area contributed by atoms with Crippen LogP contribution in [0.15, 0.2) is 36.8 Å². The third-order valence-electron chi connectivity index (χ3n) is 2.99. The molecule has 1 aromatic carbocycles. The molecule has 3 heteroatoms. The van der Waals surface area contributed by atoms with Crippen LogP contribution in [0, 0.1) is 0 Å². The Morgan fingerprint density at radius 2 is 2.33 bits per heavy atom. The summed E-state index contributed by atoms with van der Waals surface area (Å²) in [5.41, 5.74) is 2.60. The molecule has 0 radical (unpaired) electrons. The van der Waals surface area contributed by atoms with E-state index in [2.05, 4.69) is 15.6 Å². The van der Waals surface area contributed by atoms with Crippen molar-refractivity contribution in [2.75, 3.05) is 0 Å². The van der Waals surface area contributed by atoms with E-state index in [-0.39, 0.29) is 0 Å². The van der Waals surface area contributed by atoms with Gasteiger partial charge in [0.1, 0.15) is 0 Å². The lowest BCUT2D eigenvalue weighted by molar-refractivity contribution is 0.616. The minimum absolute atomic E-state index is 0.418. The maximum atomic E-state index is 6.00. The Bertz CT molecular complexity index is 490. The molecular weight excluding hydrogens is 208 g/mol. The highest BCUT2D eigenvalue weighted by Gasteiger charge is 2.22. The molecule has 15 heavy (non-hydrogen) atoms. The third-order valence-corrected chi connectivity index (χ3v) is 3.22. The molecule has 2 nitrogen and oxygen atoms in total. The van der Waals surface area contributed by atoms with Gasteiger partial charge in [0.05, 0.1) is 12.4 Å². The molecule has 2 aromatic rings. The van der Waals surface area contributed by atoms with Crippen molar-refractivity contribution in [2.24, 2.45) is 0 Å². The van der Waals surface area contributed by atoms with E-state index in [0.29, 0.717) is 6.04 Å². The van der Waals surface area contributed by atoms with Gasteiger partial charge >= 0.3 is 0 Å². The van der Waals surface area contributed by atoms with Crippen LogP contribution in [0.3, 0.4) is 0 Å². The Labute approximate surface area is 93.5 Å². The maximum absolute atomic E-state index is 6.00. The molecule has 0 bridgehead atoms. The second-order valence-electron chi connectivity index (χ2n) is 3.90. The Morgan fingerprint density at radius 1 is 1.40 bits per heavy atom. The molecule has 1 unspecified atom stereocenters. The molecule has 1 aliphatic heterocycles. The van der Waals surface area contributed by atoms with Crippen molar-refractivity contribution in [3.8, 4) is 0 Å². The van der Waals surface area contributed by atoms with Gasteiger partial charge in [-0.25, -0.2) is 4.98 Å². The van der Waals surface area contributed by atoms with Crippen LogP contribution in [0.2, 0.25) is 5.02 Å². The first-order chi connectivity index (χ1) is 7.34. The van der Waals surface area contributed by atoms with Crippen molar-refractivity contribution < 1.29 is 0 Å². The molecule has 0 amide bonds. The average molecular weight is 219 g/mol. The third kappa shape index (κ3) is 1.45. The van der Waals surface area contributed by atoms with Crippen molar-refractivity contribution in [3.63, 3.8) is 0 Å². The van der Waals surface area contributed by atoms with E-state index in [0.717, 1.165) is 17.9 Å². The summed E-state index contributed by atoms with van der Waals surface area (Å²) in [4.78, 5) is 4.17. The average Bonchev–Trinajstić information content (AvgIpc) is 2.77. The number of halogens is 1. The van der Waals surface area contributed by atoms with Crippen LogP contribution in [0.4, 0.5) is 0 Å². The van der Waals surface area contributed by atoms with E-state index >= 15 is 0 Å². The number of rotatable bonds is 1. The number of hydrogen-bond acceptors (Lipinski definition) is 1. The van der Waals surface area contributed by atoms with Crippen LogP contribution in [-0.2, 0) is 6.42 Å². The Kier molecular flexibility index (Phi) is 2.03. The summed E-state index contributed by atoms with van der Waals surface area (Å²) in [5.74, 6) is 0. The van der Waals surface area contributed by atoms with Crippen molar-refractivity contribution >= 4 is 11.6 Å². The molecule has 0 N–H and O–H groups in total. The van der Waals surface area contributed by atoms with Gasteiger partial charge in [0, 0.05) is 16.9 Å². The Balaban J connectivity index is 2.03. The molecule has 76 valence electrons. The summed E-state index contributed by atoms with van der Waals surface area (Å²) in [7, 11) is 0. The molecule has 0 saturated carbocycles. The van der Waals surface area contributed by atoms with Gasteiger partial charge in [-0.2, -0.15) is 0 Å². The number of aromatic nitrogens is 2. The van der Waals surface area contributed by atoms with Gasteiger partial charge in [-0.05, 0) is 30.5 Å². The zero-order valence-corrected chi connectivity index (χ0v) is 8.98. The quantitative estimate of drug-likeness (QED) is 0.720. The number of aryl methyl sites for hydroxylation is 1. The van der Waals surface area contributed by atoms with Crippen molar-refractivity contribution in [1.29, 1.82) is 0 Å². The lowest BCUT2D eigenvalue weighted by Crippen LogP contribution is -2.03. The fourth-order valence-electron chi connectivity index (χ4n) is 2.27. The minimum Gasteiger partial charge on any atom is -0.327 e.